The van der Waals surface area contributed by atoms with Crippen LogP contribution in [0.4, 0.5) is 10.1 Å². The summed E-state index contributed by atoms with van der Waals surface area (Å²) in [6, 6.07) is 4.60. The number of hydrogen-bond donors (Lipinski definition) is 2. The van der Waals surface area contributed by atoms with Crippen molar-refractivity contribution in [2.75, 3.05) is 11.9 Å². The van der Waals surface area contributed by atoms with Crippen LogP contribution in [0.25, 0.3) is 0 Å². The van der Waals surface area contributed by atoms with Gasteiger partial charge in [0.25, 0.3) is 0 Å². The molecule has 2 N–H and O–H groups in total. The average Bonchev–Trinajstić information content (AvgIpc) is 2.48. The Kier molecular flexibility index (Phi) is 5.31. The van der Waals surface area contributed by atoms with Gasteiger partial charge in [0.1, 0.15) is 5.82 Å². The lowest BCUT2D eigenvalue weighted by molar-refractivity contribution is -0.128. The van der Waals surface area contributed by atoms with Gasteiger partial charge in [0.15, 0.2) is 0 Å². The van der Waals surface area contributed by atoms with Crippen LogP contribution in [0.2, 0.25) is 0 Å². The minimum Gasteiger partial charge on any atom is -0.347 e. The van der Waals surface area contributed by atoms with Crippen LogP contribution in [0.5, 0.6) is 0 Å². The maximum absolute atomic E-state index is 13.6. The minimum absolute atomic E-state index is 0.0164. The fourth-order valence-corrected chi connectivity index (χ4v) is 2.59. The van der Waals surface area contributed by atoms with Crippen LogP contribution in [0.15, 0.2) is 18.2 Å². The lowest BCUT2D eigenvalue weighted by Gasteiger charge is -2.20. The van der Waals surface area contributed by atoms with E-state index in [4.69, 9.17) is 0 Å². The van der Waals surface area contributed by atoms with Gasteiger partial charge in [0.05, 0.1) is 12.2 Å². The third-order valence-corrected chi connectivity index (χ3v) is 3.80. The molecule has 1 aromatic carbocycles. The standard InChI is InChI=1S/C16H21FN2O2/c1-11-7-8-14(13(17)9-11)19-15(20)10-18-16(21)12-5-3-2-4-6-12/h7-9,12H,2-6,10H2,1H3,(H,18,21)(H,19,20). The summed E-state index contributed by atoms with van der Waals surface area (Å²) in [7, 11) is 0. The largest absolute Gasteiger partial charge is 0.347 e. The van der Waals surface area contributed by atoms with Gasteiger partial charge in [-0.1, -0.05) is 25.3 Å². The Balaban J connectivity index is 1.80. The van der Waals surface area contributed by atoms with Gasteiger partial charge >= 0.3 is 0 Å². The SMILES string of the molecule is Cc1ccc(NC(=O)CNC(=O)C2CCCCC2)c(F)c1. The lowest BCUT2D eigenvalue weighted by atomic mass is 9.89. The summed E-state index contributed by atoms with van der Waals surface area (Å²) in [5.74, 6) is -0.944. The number of rotatable bonds is 4. The van der Waals surface area contributed by atoms with E-state index in [1.165, 1.54) is 18.6 Å². The summed E-state index contributed by atoms with van der Waals surface area (Å²) in [6.45, 7) is 1.65. The highest BCUT2D eigenvalue weighted by Gasteiger charge is 2.21. The quantitative estimate of drug-likeness (QED) is 0.896. The number of benzene rings is 1. The second-order valence-corrected chi connectivity index (χ2v) is 5.58. The maximum atomic E-state index is 13.6. The van der Waals surface area contributed by atoms with Crippen molar-refractivity contribution in [3.05, 3.63) is 29.6 Å². The third kappa shape index (κ3) is 4.55. The van der Waals surface area contributed by atoms with Crippen molar-refractivity contribution < 1.29 is 14.0 Å². The lowest BCUT2D eigenvalue weighted by Crippen LogP contribution is -2.37. The molecule has 2 rings (SSSR count). The molecule has 2 amide bonds. The van der Waals surface area contributed by atoms with E-state index in [0.717, 1.165) is 31.2 Å². The van der Waals surface area contributed by atoms with Gasteiger partial charge in [-0.25, -0.2) is 4.39 Å². The summed E-state index contributed by atoms with van der Waals surface area (Å²) in [6.07, 6.45) is 5.09. The highest BCUT2D eigenvalue weighted by Crippen LogP contribution is 2.23. The molecule has 0 aliphatic heterocycles. The van der Waals surface area contributed by atoms with E-state index in [2.05, 4.69) is 10.6 Å². The Morgan fingerprint density at radius 2 is 1.95 bits per heavy atom. The smallest absolute Gasteiger partial charge is 0.243 e. The molecule has 1 aliphatic carbocycles. The number of anilines is 1. The van der Waals surface area contributed by atoms with Gasteiger partial charge in [-0.05, 0) is 37.5 Å². The van der Waals surface area contributed by atoms with Gasteiger partial charge in [-0.2, -0.15) is 0 Å². The molecule has 0 saturated heterocycles. The second kappa shape index (κ2) is 7.20. The van der Waals surface area contributed by atoms with Crippen LogP contribution in [0, 0.1) is 18.7 Å². The Morgan fingerprint density at radius 1 is 1.24 bits per heavy atom. The Bertz CT molecular complexity index is 525. The van der Waals surface area contributed by atoms with E-state index in [1.807, 2.05) is 0 Å². The molecule has 0 heterocycles. The molecule has 21 heavy (non-hydrogen) atoms. The van der Waals surface area contributed by atoms with Crippen molar-refractivity contribution in [3.8, 4) is 0 Å². The molecule has 5 heteroatoms. The molecule has 0 atom stereocenters. The van der Waals surface area contributed by atoms with E-state index in [1.54, 1.807) is 13.0 Å². The van der Waals surface area contributed by atoms with Crippen LogP contribution in [0.1, 0.15) is 37.7 Å². The highest BCUT2D eigenvalue weighted by atomic mass is 19.1. The summed E-state index contributed by atoms with van der Waals surface area (Å²) in [5, 5.41) is 5.10. The summed E-state index contributed by atoms with van der Waals surface area (Å²) < 4.78 is 13.6. The first-order valence-electron chi connectivity index (χ1n) is 7.40. The molecule has 0 spiro atoms. The number of nitrogens with one attached hydrogen (secondary N) is 2. The molecule has 1 aromatic rings. The Labute approximate surface area is 124 Å². The predicted molar refractivity (Wildman–Crippen MR) is 79.4 cm³/mol. The molecular weight excluding hydrogens is 271 g/mol. The van der Waals surface area contributed by atoms with Crippen LogP contribution < -0.4 is 10.6 Å². The topological polar surface area (TPSA) is 58.2 Å². The van der Waals surface area contributed by atoms with Gasteiger partial charge < -0.3 is 10.6 Å². The molecule has 0 aromatic heterocycles. The average molecular weight is 292 g/mol. The zero-order valence-electron chi connectivity index (χ0n) is 12.2. The van der Waals surface area contributed by atoms with E-state index < -0.39 is 11.7 Å². The molecule has 1 fully saturated rings. The van der Waals surface area contributed by atoms with Crippen molar-refractivity contribution >= 4 is 17.5 Å². The number of hydrogen-bond acceptors (Lipinski definition) is 2. The van der Waals surface area contributed by atoms with Crippen LogP contribution in [-0.4, -0.2) is 18.4 Å². The van der Waals surface area contributed by atoms with E-state index in [0.29, 0.717) is 0 Å². The zero-order chi connectivity index (χ0) is 15.2. The van der Waals surface area contributed by atoms with Crippen molar-refractivity contribution in [2.24, 2.45) is 5.92 Å². The van der Waals surface area contributed by atoms with Crippen LogP contribution >= 0.6 is 0 Å². The third-order valence-electron chi connectivity index (χ3n) is 3.80. The van der Waals surface area contributed by atoms with Gasteiger partial charge in [0.2, 0.25) is 11.8 Å². The first-order chi connectivity index (χ1) is 10.1. The monoisotopic (exact) mass is 292 g/mol. The predicted octanol–water partition coefficient (Wildman–Crippen LogP) is 2.77. The molecule has 1 aliphatic rings. The fraction of sp³-hybridized carbons (Fsp3) is 0.500. The molecule has 1 saturated carbocycles. The van der Waals surface area contributed by atoms with Crippen molar-refractivity contribution in [3.63, 3.8) is 0 Å². The minimum atomic E-state index is -0.470. The van der Waals surface area contributed by atoms with Crippen molar-refractivity contribution in [2.45, 2.75) is 39.0 Å². The first kappa shape index (κ1) is 15.5. The highest BCUT2D eigenvalue weighted by molar-refractivity contribution is 5.94. The number of carbonyl (C=O) groups is 2. The van der Waals surface area contributed by atoms with Crippen LogP contribution in [0.3, 0.4) is 0 Å². The molecule has 0 bridgehead atoms. The number of aryl methyl sites for hydroxylation is 1. The number of halogens is 1. The Hall–Kier alpha value is -1.91. The molecule has 4 nitrogen and oxygen atoms in total. The molecule has 0 radical (unpaired) electrons. The molecule has 114 valence electrons. The van der Waals surface area contributed by atoms with Crippen molar-refractivity contribution in [1.82, 2.24) is 5.32 Å². The first-order valence-corrected chi connectivity index (χ1v) is 7.40. The van der Waals surface area contributed by atoms with Gasteiger partial charge in [0, 0.05) is 5.92 Å². The zero-order valence-corrected chi connectivity index (χ0v) is 12.2. The number of amides is 2. The fourth-order valence-electron chi connectivity index (χ4n) is 2.59. The Morgan fingerprint density at radius 3 is 2.62 bits per heavy atom. The second-order valence-electron chi connectivity index (χ2n) is 5.58. The maximum Gasteiger partial charge on any atom is 0.243 e. The number of carbonyl (C=O) groups excluding carboxylic acids is 2. The van der Waals surface area contributed by atoms with E-state index in [9.17, 15) is 14.0 Å². The summed E-state index contributed by atoms with van der Waals surface area (Å²) in [5.41, 5.74) is 0.925. The molecular formula is C16H21FN2O2. The van der Waals surface area contributed by atoms with Crippen LogP contribution in [-0.2, 0) is 9.59 Å². The van der Waals surface area contributed by atoms with Crippen molar-refractivity contribution in [1.29, 1.82) is 0 Å². The molecule has 0 unspecified atom stereocenters. The van der Waals surface area contributed by atoms with Gasteiger partial charge in [-0.3, -0.25) is 9.59 Å². The summed E-state index contributed by atoms with van der Waals surface area (Å²) in [4.78, 5) is 23.6. The van der Waals surface area contributed by atoms with E-state index >= 15 is 0 Å². The summed E-state index contributed by atoms with van der Waals surface area (Å²) >= 11 is 0. The normalized spacial score (nSPS) is 15.5. The van der Waals surface area contributed by atoms with Gasteiger partial charge in [-0.15, -0.1) is 0 Å². The van der Waals surface area contributed by atoms with E-state index in [-0.39, 0.29) is 24.1 Å².